The number of fused-ring (bicyclic) bond motifs is 3. The van der Waals surface area contributed by atoms with Crippen LogP contribution in [0.15, 0.2) is 40.5 Å². The second kappa shape index (κ2) is 6.08. The van der Waals surface area contributed by atoms with Gasteiger partial charge in [-0.1, -0.05) is 23.8 Å². The summed E-state index contributed by atoms with van der Waals surface area (Å²) < 4.78 is 11.8. The third-order valence-corrected chi connectivity index (χ3v) is 5.28. The predicted molar refractivity (Wildman–Crippen MR) is 89.9 cm³/mol. The number of aryl methyl sites for hydroxylation is 1. The fraction of sp³-hybridized carbons (Fsp3) is 0.600. The highest BCUT2D eigenvalue weighted by Crippen LogP contribution is 2.44. The highest BCUT2D eigenvalue weighted by Gasteiger charge is 2.53. The summed E-state index contributed by atoms with van der Waals surface area (Å²) >= 11 is 0. The van der Waals surface area contributed by atoms with Gasteiger partial charge in [-0.05, 0) is 70.4 Å². The van der Waals surface area contributed by atoms with Crippen LogP contribution in [0.3, 0.4) is 0 Å². The molecule has 2 heterocycles. The maximum Gasteiger partial charge on any atom is 0.107 e. The molecule has 3 unspecified atom stereocenters. The van der Waals surface area contributed by atoms with Gasteiger partial charge in [0.2, 0.25) is 0 Å². The van der Waals surface area contributed by atoms with Crippen molar-refractivity contribution in [3.63, 3.8) is 0 Å². The summed E-state index contributed by atoms with van der Waals surface area (Å²) in [6, 6.07) is 2.20. The molecular formula is C20H28O2. The quantitative estimate of drug-likeness (QED) is 0.524. The van der Waals surface area contributed by atoms with Crippen molar-refractivity contribution in [1.82, 2.24) is 0 Å². The molecule has 3 atom stereocenters. The minimum atomic E-state index is -0.0438. The van der Waals surface area contributed by atoms with E-state index in [9.17, 15) is 0 Å². The fourth-order valence-electron chi connectivity index (χ4n) is 3.55. The van der Waals surface area contributed by atoms with Crippen molar-refractivity contribution in [3.8, 4) is 0 Å². The molecule has 120 valence electrons. The monoisotopic (exact) mass is 300 g/mol. The van der Waals surface area contributed by atoms with Crippen LogP contribution < -0.4 is 0 Å². The van der Waals surface area contributed by atoms with E-state index in [4.69, 9.17) is 9.15 Å². The van der Waals surface area contributed by atoms with Gasteiger partial charge >= 0.3 is 0 Å². The summed E-state index contributed by atoms with van der Waals surface area (Å²) in [6.45, 7) is 10.8. The normalized spacial score (nSPS) is 32.6. The van der Waals surface area contributed by atoms with E-state index in [1.807, 2.05) is 6.26 Å². The van der Waals surface area contributed by atoms with Gasteiger partial charge in [-0.3, -0.25) is 0 Å². The Morgan fingerprint density at radius 3 is 2.95 bits per heavy atom. The van der Waals surface area contributed by atoms with E-state index in [1.54, 1.807) is 0 Å². The maximum atomic E-state index is 6.04. The Labute approximate surface area is 134 Å². The number of epoxide rings is 1. The van der Waals surface area contributed by atoms with Crippen molar-refractivity contribution >= 4 is 0 Å². The Bertz CT molecular complexity index is 580. The predicted octanol–water partition coefficient (Wildman–Crippen LogP) is 5.23. The standard InChI is InChI=1S/C20H28O2/c1-14(2)17-9-8-15(3)6-5-7-16-10-18(21-13-16)12-20(4)19(11-17)22-20/h6,10,13,17,19H,1,5,7-9,11-12H2,2-4H3. The first-order valence-corrected chi connectivity index (χ1v) is 8.51. The molecule has 22 heavy (non-hydrogen) atoms. The Balaban J connectivity index is 1.78. The molecule has 2 bridgehead atoms. The van der Waals surface area contributed by atoms with Crippen LogP contribution in [0.2, 0.25) is 0 Å². The molecule has 1 saturated heterocycles. The number of allylic oxidation sites excluding steroid dienone is 3. The summed E-state index contributed by atoms with van der Waals surface area (Å²) in [6.07, 6.45) is 11.1. The summed E-state index contributed by atoms with van der Waals surface area (Å²) in [4.78, 5) is 0. The van der Waals surface area contributed by atoms with Crippen LogP contribution in [0.5, 0.6) is 0 Å². The zero-order valence-electron chi connectivity index (χ0n) is 14.2. The minimum Gasteiger partial charge on any atom is -0.469 e. The average Bonchev–Trinajstić information content (AvgIpc) is 2.86. The number of hydrogen-bond acceptors (Lipinski definition) is 2. The molecule has 2 nitrogen and oxygen atoms in total. The van der Waals surface area contributed by atoms with Crippen molar-refractivity contribution < 1.29 is 9.15 Å². The Morgan fingerprint density at radius 2 is 2.18 bits per heavy atom. The Kier molecular flexibility index (Phi) is 4.31. The second-order valence-electron chi connectivity index (χ2n) is 7.42. The van der Waals surface area contributed by atoms with E-state index < -0.39 is 0 Å². The lowest BCUT2D eigenvalue weighted by molar-refractivity contribution is 0.287. The highest BCUT2D eigenvalue weighted by molar-refractivity contribution is 5.19. The van der Waals surface area contributed by atoms with Gasteiger partial charge in [0, 0.05) is 6.42 Å². The topological polar surface area (TPSA) is 25.7 Å². The van der Waals surface area contributed by atoms with E-state index in [2.05, 4.69) is 39.5 Å². The van der Waals surface area contributed by atoms with Gasteiger partial charge in [0.25, 0.3) is 0 Å². The van der Waals surface area contributed by atoms with Crippen LogP contribution in [-0.4, -0.2) is 11.7 Å². The maximum absolute atomic E-state index is 6.04. The average molecular weight is 300 g/mol. The summed E-state index contributed by atoms with van der Waals surface area (Å²) in [7, 11) is 0. The van der Waals surface area contributed by atoms with Crippen LogP contribution in [-0.2, 0) is 17.6 Å². The first kappa shape index (κ1) is 15.6. The molecule has 0 radical (unpaired) electrons. The number of ether oxygens (including phenoxy) is 1. The summed E-state index contributed by atoms with van der Waals surface area (Å²) in [5.74, 6) is 1.62. The summed E-state index contributed by atoms with van der Waals surface area (Å²) in [5.41, 5.74) is 4.04. The molecule has 0 aromatic carbocycles. The summed E-state index contributed by atoms with van der Waals surface area (Å²) in [5, 5.41) is 0. The fourth-order valence-corrected chi connectivity index (χ4v) is 3.55. The van der Waals surface area contributed by atoms with E-state index in [-0.39, 0.29) is 5.60 Å². The molecular weight excluding hydrogens is 272 g/mol. The van der Waals surface area contributed by atoms with Crippen molar-refractivity contribution in [3.05, 3.63) is 47.5 Å². The van der Waals surface area contributed by atoms with Crippen LogP contribution in [0.25, 0.3) is 0 Å². The molecule has 1 aliphatic heterocycles. The molecule has 0 N–H and O–H groups in total. The first-order valence-electron chi connectivity index (χ1n) is 8.51. The van der Waals surface area contributed by atoms with Crippen molar-refractivity contribution in [2.24, 2.45) is 5.92 Å². The van der Waals surface area contributed by atoms with E-state index >= 15 is 0 Å². The Hall–Kier alpha value is -1.28. The zero-order valence-corrected chi connectivity index (χ0v) is 14.2. The lowest BCUT2D eigenvalue weighted by Gasteiger charge is -2.17. The zero-order chi connectivity index (χ0) is 15.7. The van der Waals surface area contributed by atoms with Gasteiger partial charge in [0.15, 0.2) is 0 Å². The number of furan rings is 1. The number of rotatable bonds is 1. The Morgan fingerprint density at radius 1 is 1.36 bits per heavy atom. The van der Waals surface area contributed by atoms with Crippen molar-refractivity contribution in [1.29, 1.82) is 0 Å². The SMILES string of the molecule is C=C(C)C1CCC(C)=CCCc2coc(c2)CC2(C)OC2C1. The van der Waals surface area contributed by atoms with Crippen molar-refractivity contribution in [2.75, 3.05) is 0 Å². The van der Waals surface area contributed by atoms with E-state index in [0.717, 1.165) is 37.9 Å². The van der Waals surface area contributed by atoms with Gasteiger partial charge in [-0.2, -0.15) is 0 Å². The molecule has 0 saturated carbocycles. The van der Waals surface area contributed by atoms with Gasteiger partial charge < -0.3 is 9.15 Å². The van der Waals surface area contributed by atoms with Crippen LogP contribution in [0.1, 0.15) is 57.8 Å². The first-order chi connectivity index (χ1) is 10.5. The number of hydrogen-bond donors (Lipinski definition) is 0. The third-order valence-electron chi connectivity index (χ3n) is 5.28. The van der Waals surface area contributed by atoms with Gasteiger partial charge in [0.05, 0.1) is 18.0 Å². The molecule has 0 amide bonds. The molecule has 3 rings (SSSR count). The van der Waals surface area contributed by atoms with Crippen LogP contribution >= 0.6 is 0 Å². The lowest BCUT2D eigenvalue weighted by Crippen LogP contribution is -2.16. The molecule has 2 heteroatoms. The highest BCUT2D eigenvalue weighted by atomic mass is 16.6. The molecule has 0 spiro atoms. The molecule has 1 aliphatic carbocycles. The van der Waals surface area contributed by atoms with Crippen LogP contribution in [0, 0.1) is 5.92 Å². The van der Waals surface area contributed by atoms with E-state index in [0.29, 0.717) is 12.0 Å². The van der Waals surface area contributed by atoms with Crippen LogP contribution in [0.4, 0.5) is 0 Å². The van der Waals surface area contributed by atoms with Crippen molar-refractivity contribution in [2.45, 2.75) is 71.0 Å². The van der Waals surface area contributed by atoms with Gasteiger partial charge in [-0.15, -0.1) is 0 Å². The molecule has 2 aliphatic rings. The molecule has 1 aromatic rings. The largest absolute Gasteiger partial charge is 0.469 e. The molecule has 1 fully saturated rings. The van der Waals surface area contributed by atoms with E-state index in [1.165, 1.54) is 23.1 Å². The molecule has 1 aromatic heterocycles. The van der Waals surface area contributed by atoms with Gasteiger partial charge in [0.1, 0.15) is 5.76 Å². The lowest BCUT2D eigenvalue weighted by atomic mass is 9.86. The van der Waals surface area contributed by atoms with Gasteiger partial charge in [-0.25, -0.2) is 0 Å². The smallest absolute Gasteiger partial charge is 0.107 e. The second-order valence-corrected chi connectivity index (χ2v) is 7.42. The third kappa shape index (κ3) is 3.55. The minimum absolute atomic E-state index is 0.0438.